The lowest BCUT2D eigenvalue weighted by molar-refractivity contribution is 0.374. The molecule has 0 unspecified atom stereocenters. The van der Waals surface area contributed by atoms with E-state index < -0.39 is 0 Å². The summed E-state index contributed by atoms with van der Waals surface area (Å²) in [4.78, 5) is 8.93. The molecule has 2 aromatic rings. The number of rotatable bonds is 5. The second-order valence-corrected chi connectivity index (χ2v) is 5.26. The summed E-state index contributed by atoms with van der Waals surface area (Å²) in [7, 11) is 3.46. The first-order chi connectivity index (χ1) is 9.58. The number of aryl methyl sites for hydroxylation is 2. The molecular formula is C13H18BrN5O. The van der Waals surface area contributed by atoms with Gasteiger partial charge in [-0.05, 0) is 29.3 Å². The van der Waals surface area contributed by atoms with Crippen molar-refractivity contribution in [2.75, 3.05) is 19.0 Å². The summed E-state index contributed by atoms with van der Waals surface area (Å²) in [5.41, 5.74) is 1.66. The van der Waals surface area contributed by atoms with E-state index in [1.807, 2.05) is 14.0 Å². The highest BCUT2D eigenvalue weighted by Gasteiger charge is 2.19. The van der Waals surface area contributed by atoms with Crippen molar-refractivity contribution >= 4 is 21.7 Å². The molecule has 0 aliphatic carbocycles. The van der Waals surface area contributed by atoms with Crippen LogP contribution < -0.4 is 10.1 Å². The number of hydrogen-bond acceptors (Lipinski definition) is 5. The summed E-state index contributed by atoms with van der Waals surface area (Å²) >= 11 is 3.45. The third-order valence-electron chi connectivity index (χ3n) is 2.87. The monoisotopic (exact) mass is 339 g/mol. The van der Waals surface area contributed by atoms with Crippen LogP contribution in [0.25, 0.3) is 11.4 Å². The predicted octanol–water partition coefficient (Wildman–Crippen LogP) is 2.78. The molecule has 0 saturated heterocycles. The zero-order valence-electron chi connectivity index (χ0n) is 12.1. The van der Waals surface area contributed by atoms with Crippen molar-refractivity contribution in [1.29, 1.82) is 0 Å². The van der Waals surface area contributed by atoms with E-state index in [4.69, 9.17) is 4.74 Å². The zero-order chi connectivity index (χ0) is 14.7. The van der Waals surface area contributed by atoms with Crippen molar-refractivity contribution in [2.24, 2.45) is 7.05 Å². The Hall–Kier alpha value is -1.63. The topological polar surface area (TPSA) is 64.9 Å². The number of anilines is 1. The fourth-order valence-corrected chi connectivity index (χ4v) is 2.31. The SMILES string of the molecule is CCCNc1nc(-c2c(C)nn(C)c2OC)ncc1Br. The third kappa shape index (κ3) is 2.77. The fourth-order valence-electron chi connectivity index (χ4n) is 1.98. The number of aromatic nitrogens is 4. The summed E-state index contributed by atoms with van der Waals surface area (Å²) in [5.74, 6) is 2.04. The Morgan fingerprint density at radius 1 is 1.45 bits per heavy atom. The highest BCUT2D eigenvalue weighted by Crippen LogP contribution is 2.32. The molecule has 1 N–H and O–H groups in total. The van der Waals surface area contributed by atoms with E-state index in [9.17, 15) is 0 Å². The highest BCUT2D eigenvalue weighted by atomic mass is 79.9. The predicted molar refractivity (Wildman–Crippen MR) is 82.0 cm³/mol. The van der Waals surface area contributed by atoms with Crippen LogP contribution in [0.3, 0.4) is 0 Å². The lowest BCUT2D eigenvalue weighted by atomic mass is 10.2. The molecule has 2 rings (SSSR count). The molecule has 6 nitrogen and oxygen atoms in total. The van der Waals surface area contributed by atoms with Crippen LogP contribution in [0.1, 0.15) is 19.0 Å². The number of hydrogen-bond donors (Lipinski definition) is 1. The maximum Gasteiger partial charge on any atom is 0.222 e. The second-order valence-electron chi connectivity index (χ2n) is 4.41. The molecule has 0 radical (unpaired) electrons. The minimum Gasteiger partial charge on any atom is -0.481 e. The van der Waals surface area contributed by atoms with Gasteiger partial charge in [0.05, 0.1) is 17.3 Å². The Kier molecular flexibility index (Phi) is 4.59. The van der Waals surface area contributed by atoms with Gasteiger partial charge in [-0.1, -0.05) is 6.92 Å². The van der Waals surface area contributed by atoms with Crippen LogP contribution in [0.2, 0.25) is 0 Å². The van der Waals surface area contributed by atoms with Crippen LogP contribution in [-0.4, -0.2) is 33.4 Å². The quantitative estimate of drug-likeness (QED) is 0.907. The molecule has 0 atom stereocenters. The van der Waals surface area contributed by atoms with Gasteiger partial charge >= 0.3 is 0 Å². The van der Waals surface area contributed by atoms with Gasteiger partial charge in [-0.15, -0.1) is 0 Å². The van der Waals surface area contributed by atoms with Gasteiger partial charge in [-0.25, -0.2) is 14.6 Å². The molecule has 20 heavy (non-hydrogen) atoms. The smallest absolute Gasteiger partial charge is 0.222 e. The molecule has 0 saturated carbocycles. The van der Waals surface area contributed by atoms with Crippen LogP contribution in [0.15, 0.2) is 10.7 Å². The Bertz CT molecular complexity index is 611. The number of nitrogens with zero attached hydrogens (tertiary/aromatic N) is 4. The average molecular weight is 340 g/mol. The van der Waals surface area contributed by atoms with Gasteiger partial charge in [0, 0.05) is 19.8 Å². The van der Waals surface area contributed by atoms with Crippen LogP contribution in [0.4, 0.5) is 5.82 Å². The Morgan fingerprint density at radius 2 is 2.20 bits per heavy atom. The number of methoxy groups -OCH3 is 1. The molecule has 0 amide bonds. The molecular weight excluding hydrogens is 322 g/mol. The lowest BCUT2D eigenvalue weighted by Gasteiger charge is -2.09. The standard InChI is InChI=1S/C13H18BrN5O/c1-5-6-15-11-9(14)7-16-12(17-11)10-8(2)18-19(3)13(10)20-4/h7H,5-6H2,1-4H3,(H,15,16,17). The van der Waals surface area contributed by atoms with E-state index in [1.165, 1.54) is 0 Å². The first-order valence-electron chi connectivity index (χ1n) is 6.42. The van der Waals surface area contributed by atoms with Gasteiger partial charge in [0.25, 0.3) is 0 Å². The van der Waals surface area contributed by atoms with Gasteiger partial charge < -0.3 is 10.1 Å². The van der Waals surface area contributed by atoms with Gasteiger partial charge in [-0.3, -0.25) is 0 Å². The summed E-state index contributed by atoms with van der Waals surface area (Å²) in [6.07, 6.45) is 2.77. The molecule has 0 spiro atoms. The molecule has 108 valence electrons. The van der Waals surface area contributed by atoms with Gasteiger partial charge in [-0.2, -0.15) is 5.10 Å². The largest absolute Gasteiger partial charge is 0.481 e. The van der Waals surface area contributed by atoms with E-state index in [2.05, 4.69) is 43.2 Å². The summed E-state index contributed by atoms with van der Waals surface area (Å²) in [5, 5.41) is 7.62. The molecule has 0 aliphatic heterocycles. The fraction of sp³-hybridized carbons (Fsp3) is 0.462. The molecule has 7 heteroatoms. The first kappa shape index (κ1) is 14.8. The first-order valence-corrected chi connectivity index (χ1v) is 7.22. The molecule has 0 bridgehead atoms. The molecule has 0 aromatic carbocycles. The zero-order valence-corrected chi connectivity index (χ0v) is 13.7. The molecule has 0 aliphatic rings. The van der Waals surface area contributed by atoms with E-state index in [0.29, 0.717) is 11.7 Å². The summed E-state index contributed by atoms with van der Waals surface area (Å²) in [6.45, 7) is 4.89. The van der Waals surface area contributed by atoms with Crippen LogP contribution in [0, 0.1) is 6.92 Å². The van der Waals surface area contributed by atoms with Crippen molar-refractivity contribution < 1.29 is 4.74 Å². The number of ether oxygens (including phenoxy) is 1. The van der Waals surface area contributed by atoms with Crippen LogP contribution >= 0.6 is 15.9 Å². The maximum absolute atomic E-state index is 5.39. The van der Waals surface area contributed by atoms with Gasteiger partial charge in [0.1, 0.15) is 11.4 Å². The number of halogens is 1. The maximum atomic E-state index is 5.39. The number of nitrogens with one attached hydrogen (secondary N) is 1. The van der Waals surface area contributed by atoms with Crippen molar-refractivity contribution in [3.05, 3.63) is 16.4 Å². The Labute approximate surface area is 126 Å². The lowest BCUT2D eigenvalue weighted by Crippen LogP contribution is -2.05. The Morgan fingerprint density at radius 3 is 2.85 bits per heavy atom. The minimum absolute atomic E-state index is 0.606. The van der Waals surface area contributed by atoms with Crippen molar-refractivity contribution in [2.45, 2.75) is 20.3 Å². The van der Waals surface area contributed by atoms with Crippen molar-refractivity contribution in [3.8, 4) is 17.3 Å². The van der Waals surface area contributed by atoms with Gasteiger partial charge in [0.2, 0.25) is 5.88 Å². The average Bonchev–Trinajstić information content (AvgIpc) is 2.72. The minimum atomic E-state index is 0.606. The summed E-state index contributed by atoms with van der Waals surface area (Å²) < 4.78 is 7.92. The van der Waals surface area contributed by atoms with E-state index in [0.717, 1.165) is 34.5 Å². The molecule has 0 fully saturated rings. The Balaban J connectivity index is 2.48. The van der Waals surface area contributed by atoms with Crippen LogP contribution in [-0.2, 0) is 7.05 Å². The molecule has 2 aromatic heterocycles. The van der Waals surface area contributed by atoms with Crippen molar-refractivity contribution in [1.82, 2.24) is 19.7 Å². The van der Waals surface area contributed by atoms with Crippen molar-refractivity contribution in [3.63, 3.8) is 0 Å². The highest BCUT2D eigenvalue weighted by molar-refractivity contribution is 9.10. The van der Waals surface area contributed by atoms with Crippen LogP contribution in [0.5, 0.6) is 5.88 Å². The summed E-state index contributed by atoms with van der Waals surface area (Å²) in [6, 6.07) is 0. The molecule has 2 heterocycles. The van der Waals surface area contributed by atoms with Gasteiger partial charge in [0.15, 0.2) is 5.82 Å². The van der Waals surface area contributed by atoms with E-state index in [-0.39, 0.29) is 0 Å². The van der Waals surface area contributed by atoms with E-state index >= 15 is 0 Å². The second kappa shape index (κ2) is 6.21. The third-order valence-corrected chi connectivity index (χ3v) is 3.45. The normalized spacial score (nSPS) is 10.7. The van der Waals surface area contributed by atoms with E-state index in [1.54, 1.807) is 18.0 Å².